The highest BCUT2D eigenvalue weighted by Gasteiger charge is 2.04. The Bertz CT molecular complexity index is 459. The lowest BCUT2D eigenvalue weighted by Crippen LogP contribution is -1.93. The fraction of sp³-hybridized carbons (Fsp3) is 0.333. The molecule has 84 valence electrons. The van der Waals surface area contributed by atoms with Gasteiger partial charge < -0.3 is 5.73 Å². The van der Waals surface area contributed by atoms with Crippen molar-refractivity contribution in [3.63, 3.8) is 0 Å². The highest BCUT2D eigenvalue weighted by molar-refractivity contribution is 7.09. The first-order valence-electron chi connectivity index (χ1n) is 5.33. The number of benzene rings is 1. The second-order valence-corrected chi connectivity index (χ2v) is 5.03. The lowest BCUT2D eigenvalue weighted by Gasteiger charge is -2.04. The lowest BCUT2D eigenvalue weighted by atomic mass is 10.0. The first-order chi connectivity index (χ1) is 7.65. The van der Waals surface area contributed by atoms with Crippen LogP contribution in [0.4, 0.5) is 5.13 Å². The van der Waals surface area contributed by atoms with E-state index in [4.69, 9.17) is 5.73 Å². The van der Waals surface area contributed by atoms with Gasteiger partial charge in [-0.2, -0.15) is 9.36 Å². The normalized spacial score (nSPS) is 10.9. The molecule has 0 amide bonds. The third-order valence-electron chi connectivity index (χ3n) is 2.30. The average molecular weight is 233 g/mol. The monoisotopic (exact) mass is 233 g/mol. The molecule has 3 nitrogen and oxygen atoms in total. The fourth-order valence-electron chi connectivity index (χ4n) is 1.61. The molecule has 0 unspecified atom stereocenters. The van der Waals surface area contributed by atoms with Gasteiger partial charge in [-0.25, -0.2) is 0 Å². The Kier molecular flexibility index (Phi) is 3.19. The van der Waals surface area contributed by atoms with Crippen molar-refractivity contribution < 1.29 is 0 Å². The maximum absolute atomic E-state index is 5.56. The maximum Gasteiger partial charge on any atom is 0.200 e. The van der Waals surface area contributed by atoms with Gasteiger partial charge in [0.2, 0.25) is 0 Å². The molecule has 0 bridgehead atoms. The third kappa shape index (κ3) is 2.58. The summed E-state index contributed by atoms with van der Waals surface area (Å²) in [6.45, 7) is 4.44. The molecule has 1 aromatic carbocycles. The summed E-state index contributed by atoms with van der Waals surface area (Å²) in [5, 5.41) is 0.515. The van der Waals surface area contributed by atoms with E-state index in [0.29, 0.717) is 11.0 Å². The zero-order valence-electron chi connectivity index (χ0n) is 9.47. The van der Waals surface area contributed by atoms with Gasteiger partial charge >= 0.3 is 0 Å². The van der Waals surface area contributed by atoms with Gasteiger partial charge in [0.25, 0.3) is 0 Å². The summed E-state index contributed by atoms with van der Waals surface area (Å²) in [5.41, 5.74) is 7.93. The van der Waals surface area contributed by atoms with E-state index >= 15 is 0 Å². The molecule has 0 saturated carbocycles. The maximum atomic E-state index is 5.56. The fourth-order valence-corrected chi connectivity index (χ4v) is 2.07. The number of rotatable bonds is 3. The number of anilines is 1. The molecule has 2 N–H and O–H groups in total. The minimum Gasteiger partial charge on any atom is -0.374 e. The van der Waals surface area contributed by atoms with Crippen molar-refractivity contribution in [3.05, 3.63) is 29.8 Å². The zero-order chi connectivity index (χ0) is 11.5. The minimum absolute atomic E-state index is 0.515. The van der Waals surface area contributed by atoms with Crippen LogP contribution >= 0.6 is 11.5 Å². The molecule has 0 saturated heterocycles. The Hall–Kier alpha value is -1.42. The molecule has 0 spiro atoms. The SMILES string of the molecule is CC(C)Cc1ccc(-c2nsc(N)n2)cc1. The summed E-state index contributed by atoms with van der Waals surface area (Å²) in [7, 11) is 0. The molecule has 0 aliphatic heterocycles. The molecule has 1 heterocycles. The predicted octanol–water partition coefficient (Wildman–Crippen LogP) is 2.99. The van der Waals surface area contributed by atoms with E-state index in [1.54, 1.807) is 0 Å². The summed E-state index contributed by atoms with van der Waals surface area (Å²) >= 11 is 1.23. The van der Waals surface area contributed by atoms with Crippen LogP contribution in [0.1, 0.15) is 19.4 Å². The number of hydrogen-bond acceptors (Lipinski definition) is 4. The molecule has 0 aliphatic rings. The van der Waals surface area contributed by atoms with Crippen LogP contribution in [-0.4, -0.2) is 9.36 Å². The van der Waals surface area contributed by atoms with E-state index < -0.39 is 0 Å². The summed E-state index contributed by atoms with van der Waals surface area (Å²) in [6, 6.07) is 8.37. The van der Waals surface area contributed by atoms with Crippen LogP contribution in [-0.2, 0) is 6.42 Å². The standard InChI is InChI=1S/C12H15N3S/c1-8(2)7-9-3-5-10(6-4-9)11-14-12(13)16-15-11/h3-6,8H,7H2,1-2H3,(H2,13,14,15). The average Bonchev–Trinajstić information content (AvgIpc) is 2.65. The molecule has 1 aromatic heterocycles. The molecular weight excluding hydrogens is 218 g/mol. The number of nitrogens with two attached hydrogens (primary N) is 1. The van der Waals surface area contributed by atoms with Crippen LogP contribution in [0.3, 0.4) is 0 Å². The summed E-state index contributed by atoms with van der Waals surface area (Å²) in [5.74, 6) is 1.40. The quantitative estimate of drug-likeness (QED) is 0.886. The summed E-state index contributed by atoms with van der Waals surface area (Å²) < 4.78 is 4.18. The van der Waals surface area contributed by atoms with Gasteiger partial charge in [-0.1, -0.05) is 38.1 Å². The van der Waals surface area contributed by atoms with Gasteiger partial charge in [-0.3, -0.25) is 0 Å². The molecule has 4 heteroatoms. The molecular formula is C12H15N3S. The van der Waals surface area contributed by atoms with Gasteiger partial charge in [-0.05, 0) is 17.9 Å². The number of nitrogen functional groups attached to an aromatic ring is 1. The second kappa shape index (κ2) is 4.61. The molecule has 0 fully saturated rings. The van der Waals surface area contributed by atoms with Crippen molar-refractivity contribution in [1.29, 1.82) is 0 Å². The Morgan fingerprint density at radius 2 is 1.94 bits per heavy atom. The Morgan fingerprint density at radius 1 is 1.25 bits per heavy atom. The molecule has 2 rings (SSSR count). The van der Waals surface area contributed by atoms with Crippen LogP contribution in [0.2, 0.25) is 0 Å². The van der Waals surface area contributed by atoms with Gasteiger partial charge in [0.1, 0.15) is 0 Å². The highest BCUT2D eigenvalue weighted by Crippen LogP contribution is 2.20. The molecule has 16 heavy (non-hydrogen) atoms. The number of aromatic nitrogens is 2. The summed E-state index contributed by atoms with van der Waals surface area (Å²) in [6.07, 6.45) is 1.10. The van der Waals surface area contributed by atoms with Crippen LogP contribution in [0.15, 0.2) is 24.3 Å². The van der Waals surface area contributed by atoms with Crippen LogP contribution in [0.25, 0.3) is 11.4 Å². The van der Waals surface area contributed by atoms with Gasteiger partial charge in [0, 0.05) is 17.1 Å². The van der Waals surface area contributed by atoms with E-state index in [-0.39, 0.29) is 0 Å². The van der Waals surface area contributed by atoms with Crippen LogP contribution in [0, 0.1) is 5.92 Å². The van der Waals surface area contributed by atoms with Gasteiger partial charge in [0.15, 0.2) is 11.0 Å². The van der Waals surface area contributed by atoms with E-state index in [0.717, 1.165) is 17.8 Å². The number of hydrogen-bond donors (Lipinski definition) is 1. The van der Waals surface area contributed by atoms with E-state index in [9.17, 15) is 0 Å². The van der Waals surface area contributed by atoms with Crippen molar-refractivity contribution in [1.82, 2.24) is 9.36 Å². The molecule has 0 aliphatic carbocycles. The largest absolute Gasteiger partial charge is 0.374 e. The van der Waals surface area contributed by atoms with E-state index in [2.05, 4.69) is 47.5 Å². The van der Waals surface area contributed by atoms with Crippen molar-refractivity contribution in [2.24, 2.45) is 5.92 Å². The smallest absolute Gasteiger partial charge is 0.200 e. The Labute approximate surface area is 99.5 Å². The Morgan fingerprint density at radius 3 is 2.44 bits per heavy atom. The summed E-state index contributed by atoms with van der Waals surface area (Å²) in [4.78, 5) is 4.16. The van der Waals surface area contributed by atoms with Crippen molar-refractivity contribution >= 4 is 16.7 Å². The topological polar surface area (TPSA) is 51.8 Å². The van der Waals surface area contributed by atoms with Gasteiger partial charge in [-0.15, -0.1) is 0 Å². The molecule has 0 atom stereocenters. The first-order valence-corrected chi connectivity index (χ1v) is 6.11. The van der Waals surface area contributed by atoms with E-state index in [1.807, 2.05) is 0 Å². The predicted molar refractivity (Wildman–Crippen MR) is 68.3 cm³/mol. The minimum atomic E-state index is 0.515. The van der Waals surface area contributed by atoms with Crippen LogP contribution < -0.4 is 5.73 Å². The first kappa shape index (κ1) is 11.1. The zero-order valence-corrected chi connectivity index (χ0v) is 10.3. The number of nitrogens with zero attached hydrogens (tertiary/aromatic N) is 2. The Balaban J connectivity index is 2.19. The highest BCUT2D eigenvalue weighted by atomic mass is 32.1. The van der Waals surface area contributed by atoms with Crippen LogP contribution in [0.5, 0.6) is 0 Å². The third-order valence-corrected chi connectivity index (χ3v) is 2.84. The van der Waals surface area contributed by atoms with E-state index in [1.165, 1.54) is 17.1 Å². The second-order valence-electron chi connectivity index (χ2n) is 4.25. The molecule has 0 radical (unpaired) electrons. The van der Waals surface area contributed by atoms with Crippen molar-refractivity contribution in [2.45, 2.75) is 20.3 Å². The van der Waals surface area contributed by atoms with Crippen molar-refractivity contribution in [3.8, 4) is 11.4 Å². The lowest BCUT2D eigenvalue weighted by molar-refractivity contribution is 0.647. The molecule has 2 aromatic rings. The van der Waals surface area contributed by atoms with Crippen molar-refractivity contribution in [2.75, 3.05) is 5.73 Å². The van der Waals surface area contributed by atoms with Gasteiger partial charge in [0.05, 0.1) is 0 Å².